The van der Waals surface area contributed by atoms with Crippen molar-refractivity contribution >= 4 is 25.6 Å². The lowest BCUT2D eigenvalue weighted by Crippen LogP contribution is -2.12. The zero-order chi connectivity index (χ0) is 14.7. The molecule has 1 rings (SSSR count). The highest BCUT2D eigenvalue weighted by Crippen LogP contribution is 2.13. The number of benzene rings is 1. The number of hydrogen-bond donors (Lipinski definition) is 1. The molecule has 0 saturated heterocycles. The zero-order valence-corrected chi connectivity index (χ0v) is 11.6. The molecule has 0 atom stereocenters. The van der Waals surface area contributed by atoms with Crippen LogP contribution in [0.3, 0.4) is 0 Å². The van der Waals surface area contributed by atoms with Crippen LogP contribution in [0.5, 0.6) is 0 Å². The number of carboxylic acids is 1. The first-order valence-electron chi connectivity index (χ1n) is 5.07. The zero-order valence-electron chi connectivity index (χ0n) is 9.98. The van der Waals surface area contributed by atoms with Gasteiger partial charge in [0.15, 0.2) is 15.6 Å². The van der Waals surface area contributed by atoms with Crippen LogP contribution < -0.4 is 0 Å². The maximum Gasteiger partial charge on any atom is 0.319 e. The first-order chi connectivity index (χ1) is 8.62. The van der Waals surface area contributed by atoms with Crippen LogP contribution in [0.2, 0.25) is 0 Å². The number of carbonyl (C=O) groups is 1. The summed E-state index contributed by atoms with van der Waals surface area (Å²) in [7, 11) is -7.99. The van der Waals surface area contributed by atoms with Gasteiger partial charge in [-0.15, -0.1) is 0 Å². The molecule has 0 fully saturated rings. The van der Waals surface area contributed by atoms with E-state index in [4.69, 9.17) is 5.11 Å². The Morgan fingerprint density at radius 2 is 1.63 bits per heavy atom. The van der Waals surface area contributed by atoms with Crippen molar-refractivity contribution < 1.29 is 26.7 Å². The summed E-state index contributed by atoms with van der Waals surface area (Å²) in [6.45, 7) is 1.78. The molecule has 1 N–H and O–H groups in total. The molecule has 0 saturated carbocycles. The van der Waals surface area contributed by atoms with Gasteiger partial charge in [-0.25, -0.2) is 16.8 Å². The predicted molar refractivity (Wildman–Crippen MR) is 68.9 cm³/mol. The van der Waals surface area contributed by atoms with Crippen LogP contribution in [0.1, 0.15) is 5.56 Å². The molecule has 0 amide bonds. The lowest BCUT2D eigenvalue weighted by Gasteiger charge is -1.99. The average Bonchev–Trinajstić information content (AvgIpc) is 2.26. The second-order valence-corrected chi connectivity index (χ2v) is 7.55. The van der Waals surface area contributed by atoms with Gasteiger partial charge in [-0.2, -0.15) is 0 Å². The smallest absolute Gasteiger partial charge is 0.319 e. The van der Waals surface area contributed by atoms with Crippen molar-refractivity contribution in [2.45, 2.75) is 11.8 Å². The second kappa shape index (κ2) is 5.54. The minimum absolute atomic E-state index is 0.0557. The molecule has 0 heterocycles. The highest BCUT2D eigenvalue weighted by atomic mass is 32.2. The molecule has 0 unspecified atom stereocenters. The number of hydrogen-bond acceptors (Lipinski definition) is 5. The lowest BCUT2D eigenvalue weighted by atomic mass is 10.2. The Hall–Kier alpha value is -1.67. The van der Waals surface area contributed by atoms with Crippen molar-refractivity contribution in [3.63, 3.8) is 0 Å². The Bertz CT molecular complexity index is 696. The Kier molecular flexibility index (Phi) is 4.48. The molecule has 1 aromatic rings. The second-order valence-electron chi connectivity index (χ2n) is 3.83. The first-order valence-corrected chi connectivity index (χ1v) is 8.33. The van der Waals surface area contributed by atoms with Gasteiger partial charge in [0.2, 0.25) is 9.84 Å². The number of aliphatic carboxylic acids is 1. The van der Waals surface area contributed by atoms with Crippen molar-refractivity contribution in [1.29, 1.82) is 0 Å². The maximum absolute atomic E-state index is 11.8. The molecule has 0 spiro atoms. The standard InChI is InChI=1S/C11H12O6S2/c1-9-2-4-10(5-3-9)19(16,17)7-6-18(14,15)8-11(12)13/h2-7H,8H2,1H3,(H,12,13)/b7-6+. The normalized spacial score (nSPS) is 12.7. The van der Waals surface area contributed by atoms with Crippen LogP contribution in [0.15, 0.2) is 40.0 Å². The van der Waals surface area contributed by atoms with E-state index in [1.165, 1.54) is 12.1 Å². The van der Waals surface area contributed by atoms with E-state index in [0.717, 1.165) is 5.56 Å². The van der Waals surface area contributed by atoms with Crippen molar-refractivity contribution in [2.75, 3.05) is 5.75 Å². The van der Waals surface area contributed by atoms with Gasteiger partial charge in [0, 0.05) is 10.8 Å². The summed E-state index contributed by atoms with van der Waals surface area (Å²) >= 11 is 0. The summed E-state index contributed by atoms with van der Waals surface area (Å²) in [5.41, 5.74) is 0.862. The van der Waals surface area contributed by atoms with E-state index in [2.05, 4.69) is 0 Å². The molecular weight excluding hydrogens is 292 g/mol. The summed E-state index contributed by atoms with van der Waals surface area (Å²) in [5.74, 6) is -2.69. The lowest BCUT2D eigenvalue weighted by molar-refractivity contribution is -0.134. The van der Waals surface area contributed by atoms with Crippen LogP contribution >= 0.6 is 0 Å². The third kappa shape index (κ3) is 4.84. The van der Waals surface area contributed by atoms with E-state index in [1.807, 2.05) is 0 Å². The van der Waals surface area contributed by atoms with Crippen LogP contribution in [0, 0.1) is 6.92 Å². The molecule has 19 heavy (non-hydrogen) atoms. The molecule has 104 valence electrons. The molecule has 0 aliphatic carbocycles. The van der Waals surface area contributed by atoms with E-state index >= 15 is 0 Å². The molecule has 0 aliphatic rings. The van der Waals surface area contributed by atoms with Gasteiger partial charge in [-0.3, -0.25) is 4.79 Å². The first kappa shape index (κ1) is 15.4. The van der Waals surface area contributed by atoms with E-state index in [-0.39, 0.29) is 4.90 Å². The summed E-state index contributed by atoms with van der Waals surface area (Å²) in [6.07, 6.45) is 0. The maximum atomic E-state index is 11.8. The Balaban J connectivity index is 3.04. The molecule has 6 nitrogen and oxygen atoms in total. The molecule has 1 aromatic carbocycles. The van der Waals surface area contributed by atoms with Gasteiger partial charge in [0.25, 0.3) is 0 Å². The number of carboxylic acid groups (broad SMARTS) is 1. The van der Waals surface area contributed by atoms with E-state index in [1.54, 1.807) is 19.1 Å². The fourth-order valence-electron chi connectivity index (χ4n) is 1.18. The molecule has 0 aliphatic heterocycles. The molecule has 0 radical (unpaired) electrons. The van der Waals surface area contributed by atoms with Gasteiger partial charge in [0.1, 0.15) is 0 Å². The average molecular weight is 304 g/mol. The van der Waals surface area contributed by atoms with Crippen molar-refractivity contribution in [3.8, 4) is 0 Å². The molecule has 8 heteroatoms. The fraction of sp³-hybridized carbons (Fsp3) is 0.182. The van der Waals surface area contributed by atoms with Gasteiger partial charge in [-0.05, 0) is 19.1 Å². The highest BCUT2D eigenvalue weighted by Gasteiger charge is 2.15. The van der Waals surface area contributed by atoms with Gasteiger partial charge in [-0.1, -0.05) is 17.7 Å². The van der Waals surface area contributed by atoms with E-state index in [0.29, 0.717) is 10.8 Å². The quantitative estimate of drug-likeness (QED) is 0.860. The highest BCUT2D eigenvalue weighted by molar-refractivity contribution is 7.98. The van der Waals surface area contributed by atoms with Crippen molar-refractivity contribution in [2.24, 2.45) is 0 Å². The Morgan fingerprint density at radius 1 is 1.11 bits per heavy atom. The number of sulfone groups is 2. The number of rotatable bonds is 5. The van der Waals surface area contributed by atoms with Crippen LogP contribution in [0.25, 0.3) is 0 Å². The van der Waals surface area contributed by atoms with E-state index < -0.39 is 31.4 Å². The largest absolute Gasteiger partial charge is 0.480 e. The Morgan fingerprint density at radius 3 is 2.11 bits per heavy atom. The third-order valence-electron chi connectivity index (χ3n) is 2.12. The Labute approximate surface area is 111 Å². The summed E-state index contributed by atoms with van der Waals surface area (Å²) in [6, 6.07) is 5.84. The molecular formula is C11H12O6S2. The van der Waals surface area contributed by atoms with Crippen molar-refractivity contribution in [3.05, 3.63) is 40.6 Å². The van der Waals surface area contributed by atoms with Crippen LogP contribution in [0.4, 0.5) is 0 Å². The fourth-order valence-corrected chi connectivity index (χ4v) is 3.56. The van der Waals surface area contributed by atoms with Gasteiger partial charge >= 0.3 is 5.97 Å². The van der Waals surface area contributed by atoms with Gasteiger partial charge in [0.05, 0.1) is 4.90 Å². The monoisotopic (exact) mass is 304 g/mol. The molecule has 0 bridgehead atoms. The third-order valence-corrected chi connectivity index (χ3v) is 4.91. The minimum Gasteiger partial charge on any atom is -0.480 e. The summed E-state index contributed by atoms with van der Waals surface area (Å²) < 4.78 is 46.0. The van der Waals surface area contributed by atoms with E-state index in [9.17, 15) is 21.6 Å². The van der Waals surface area contributed by atoms with Crippen LogP contribution in [-0.4, -0.2) is 33.7 Å². The SMILES string of the molecule is Cc1ccc(S(=O)(=O)/C=C/S(=O)(=O)CC(=O)O)cc1. The predicted octanol–water partition coefficient (Wildman–Crippen LogP) is 0.739. The minimum atomic E-state index is -4.09. The topological polar surface area (TPSA) is 106 Å². The van der Waals surface area contributed by atoms with Crippen molar-refractivity contribution in [1.82, 2.24) is 0 Å². The van der Waals surface area contributed by atoms with Gasteiger partial charge < -0.3 is 5.11 Å². The summed E-state index contributed by atoms with van der Waals surface area (Å²) in [4.78, 5) is 10.2. The molecule has 0 aromatic heterocycles. The van der Waals surface area contributed by atoms with Crippen LogP contribution in [-0.2, 0) is 24.5 Å². The number of aryl methyl sites for hydroxylation is 1. The summed E-state index contributed by atoms with van der Waals surface area (Å²) in [5, 5.41) is 9.26.